The Morgan fingerprint density at radius 1 is 1.21 bits per heavy atom. The molecule has 0 bridgehead atoms. The fourth-order valence-corrected chi connectivity index (χ4v) is 2.82. The van der Waals surface area contributed by atoms with Gasteiger partial charge in [-0.1, -0.05) is 6.58 Å². The van der Waals surface area contributed by atoms with Crippen LogP contribution >= 0.6 is 0 Å². The molecule has 2 rings (SSSR count). The zero-order valence-corrected chi connectivity index (χ0v) is 13.7. The molecular formula is C17H25N3O4. The van der Waals surface area contributed by atoms with Crippen molar-refractivity contribution >= 4 is 17.1 Å². The molecule has 0 amide bonds. The molecule has 1 heterocycles. The zero-order chi connectivity index (χ0) is 17.5. The number of aliphatic hydroxyl groups excluding tert-OH is 3. The highest BCUT2D eigenvalue weighted by Crippen LogP contribution is 2.36. The molecule has 7 nitrogen and oxygen atoms in total. The van der Waals surface area contributed by atoms with Crippen molar-refractivity contribution in [1.29, 1.82) is 0 Å². The molecule has 1 aliphatic rings. The summed E-state index contributed by atoms with van der Waals surface area (Å²) in [6.45, 7) is 5.37. The van der Waals surface area contributed by atoms with Gasteiger partial charge in [0.1, 0.15) is 12.4 Å². The molecule has 0 aliphatic carbocycles. The molecule has 1 aliphatic heterocycles. The molecule has 0 spiro atoms. The molecule has 1 saturated heterocycles. The molecule has 1 aromatic carbocycles. The quantitative estimate of drug-likeness (QED) is 0.502. The first-order chi connectivity index (χ1) is 11.6. The second-order valence-corrected chi connectivity index (χ2v) is 5.53. The highest BCUT2D eigenvalue weighted by molar-refractivity contribution is 5.97. The second-order valence-electron chi connectivity index (χ2n) is 5.53. The normalized spacial score (nSPS) is 18.9. The molecule has 0 saturated carbocycles. The Morgan fingerprint density at radius 3 is 2.54 bits per heavy atom. The van der Waals surface area contributed by atoms with Crippen LogP contribution in [0.5, 0.6) is 0 Å². The van der Waals surface area contributed by atoms with Gasteiger partial charge in [0.2, 0.25) is 0 Å². The third kappa shape index (κ3) is 4.05. The fourth-order valence-electron chi connectivity index (χ4n) is 2.82. The second kappa shape index (κ2) is 8.68. The van der Waals surface area contributed by atoms with Gasteiger partial charge in [-0.2, -0.15) is 0 Å². The van der Waals surface area contributed by atoms with Crippen LogP contribution in [0, 0.1) is 0 Å². The maximum Gasteiger partial charge on any atom is 0.126 e. The first-order valence-corrected chi connectivity index (χ1v) is 7.94. The van der Waals surface area contributed by atoms with Crippen LogP contribution in [0.25, 0.3) is 0 Å². The van der Waals surface area contributed by atoms with Crippen LogP contribution < -0.4 is 10.6 Å². The van der Waals surface area contributed by atoms with E-state index in [1.165, 1.54) is 0 Å². The van der Waals surface area contributed by atoms with Crippen molar-refractivity contribution in [3.63, 3.8) is 0 Å². The number of hydrogen-bond donors (Lipinski definition) is 4. The van der Waals surface area contributed by atoms with Crippen molar-refractivity contribution in [3.05, 3.63) is 36.1 Å². The molecule has 1 unspecified atom stereocenters. The molecule has 1 aromatic rings. The Hall–Kier alpha value is -2.09. The zero-order valence-electron chi connectivity index (χ0n) is 13.7. The molecule has 0 radical (unpaired) electrons. The molecule has 1 atom stereocenters. The molecular weight excluding hydrogens is 310 g/mol. The first kappa shape index (κ1) is 18.3. The number of allylic oxidation sites excluding steroid dienone is 1. The summed E-state index contributed by atoms with van der Waals surface area (Å²) < 4.78 is 5.52. The summed E-state index contributed by atoms with van der Waals surface area (Å²) >= 11 is 0. The van der Waals surface area contributed by atoms with E-state index in [4.69, 9.17) is 15.6 Å². The van der Waals surface area contributed by atoms with Crippen molar-refractivity contribution in [3.8, 4) is 0 Å². The smallest absolute Gasteiger partial charge is 0.126 e. The number of nitrogens with zero attached hydrogens (tertiary/aromatic N) is 2. The van der Waals surface area contributed by atoms with Gasteiger partial charge < -0.3 is 30.7 Å². The van der Waals surface area contributed by atoms with Gasteiger partial charge in [0.05, 0.1) is 38.0 Å². The van der Waals surface area contributed by atoms with Gasteiger partial charge in [-0.3, -0.25) is 4.99 Å². The Labute approximate surface area is 141 Å². The van der Waals surface area contributed by atoms with E-state index in [1.807, 2.05) is 17.0 Å². The van der Waals surface area contributed by atoms with Crippen molar-refractivity contribution in [2.75, 3.05) is 56.7 Å². The van der Waals surface area contributed by atoms with E-state index in [2.05, 4.69) is 11.6 Å². The average molecular weight is 335 g/mol. The highest BCUT2D eigenvalue weighted by Gasteiger charge is 2.31. The molecule has 0 aromatic heterocycles. The van der Waals surface area contributed by atoms with Crippen LogP contribution in [0.3, 0.4) is 0 Å². The maximum atomic E-state index is 9.22. The number of ether oxygens (including phenoxy) is 1. The van der Waals surface area contributed by atoms with E-state index in [9.17, 15) is 10.2 Å². The van der Waals surface area contributed by atoms with Gasteiger partial charge in [0.25, 0.3) is 0 Å². The highest BCUT2D eigenvalue weighted by atomic mass is 16.5. The van der Waals surface area contributed by atoms with Gasteiger partial charge in [-0.25, -0.2) is 0 Å². The standard InChI is InChI=1S/C17H25N3O4/c1-12-17(16(11-24-12)19-4-7-21)14-10-13(2-3-15(14)18)20(5-8-22)6-9-23/h2-3,10,17,21-23H,1,4-9,11,18H2. The largest absolute Gasteiger partial charge is 0.492 e. The summed E-state index contributed by atoms with van der Waals surface area (Å²) in [5.74, 6) is 0.327. The topological polar surface area (TPSA) is 112 Å². The van der Waals surface area contributed by atoms with E-state index in [1.54, 1.807) is 6.07 Å². The minimum atomic E-state index is -0.249. The maximum absolute atomic E-state index is 9.22. The minimum Gasteiger partial charge on any atom is -0.492 e. The number of rotatable bonds is 8. The SMILES string of the molecule is C=C1OCC(=NCCO)C1c1cc(N(CCO)CCO)ccc1N. The van der Waals surface area contributed by atoms with Gasteiger partial charge in [-0.05, 0) is 23.8 Å². The molecule has 1 fully saturated rings. The van der Waals surface area contributed by atoms with Crippen LogP contribution in [-0.2, 0) is 4.74 Å². The van der Waals surface area contributed by atoms with E-state index in [0.717, 1.165) is 17.0 Å². The molecule has 24 heavy (non-hydrogen) atoms. The summed E-state index contributed by atoms with van der Waals surface area (Å²) in [6.07, 6.45) is 0. The van der Waals surface area contributed by atoms with E-state index >= 15 is 0 Å². The first-order valence-electron chi connectivity index (χ1n) is 7.94. The summed E-state index contributed by atoms with van der Waals surface area (Å²) in [5, 5.41) is 27.4. The van der Waals surface area contributed by atoms with E-state index in [-0.39, 0.29) is 25.7 Å². The van der Waals surface area contributed by atoms with Crippen molar-refractivity contribution in [2.24, 2.45) is 4.99 Å². The lowest BCUT2D eigenvalue weighted by Gasteiger charge is -2.25. The van der Waals surface area contributed by atoms with Crippen LogP contribution in [0.1, 0.15) is 11.5 Å². The summed E-state index contributed by atoms with van der Waals surface area (Å²) in [4.78, 5) is 6.25. The summed E-state index contributed by atoms with van der Waals surface area (Å²) in [6, 6.07) is 5.56. The van der Waals surface area contributed by atoms with E-state index < -0.39 is 0 Å². The minimum absolute atomic E-state index is 0.0117. The van der Waals surface area contributed by atoms with Gasteiger partial charge in [0, 0.05) is 24.5 Å². The predicted octanol–water partition coefficient (Wildman–Crippen LogP) is 0.121. The predicted molar refractivity (Wildman–Crippen MR) is 94.5 cm³/mol. The number of nitrogens with two attached hydrogens (primary N) is 1. The van der Waals surface area contributed by atoms with Crippen LogP contribution in [-0.4, -0.2) is 67.1 Å². The molecule has 132 valence electrons. The average Bonchev–Trinajstić information content (AvgIpc) is 2.94. The number of aliphatic hydroxyl groups is 3. The fraction of sp³-hybridized carbons (Fsp3) is 0.471. The monoisotopic (exact) mass is 335 g/mol. The van der Waals surface area contributed by atoms with Crippen molar-refractivity contribution in [1.82, 2.24) is 0 Å². The van der Waals surface area contributed by atoms with Gasteiger partial charge in [-0.15, -0.1) is 0 Å². The number of nitrogen functional groups attached to an aromatic ring is 1. The van der Waals surface area contributed by atoms with Crippen LogP contribution in [0.2, 0.25) is 0 Å². The Morgan fingerprint density at radius 2 is 1.92 bits per heavy atom. The van der Waals surface area contributed by atoms with Gasteiger partial charge >= 0.3 is 0 Å². The van der Waals surface area contributed by atoms with E-state index in [0.29, 0.717) is 37.7 Å². The lowest BCUT2D eigenvalue weighted by Crippen LogP contribution is -2.29. The number of aliphatic imine (C=N–C) groups is 1. The van der Waals surface area contributed by atoms with Crippen molar-refractivity contribution < 1.29 is 20.1 Å². The van der Waals surface area contributed by atoms with Gasteiger partial charge in [0.15, 0.2) is 0 Å². The summed E-state index contributed by atoms with van der Waals surface area (Å²) in [7, 11) is 0. The van der Waals surface area contributed by atoms with Crippen LogP contribution in [0.15, 0.2) is 35.5 Å². The number of hydrogen-bond acceptors (Lipinski definition) is 7. The summed E-state index contributed by atoms with van der Waals surface area (Å²) in [5.41, 5.74) is 9.21. The third-order valence-corrected chi connectivity index (χ3v) is 3.96. The van der Waals surface area contributed by atoms with Crippen molar-refractivity contribution in [2.45, 2.75) is 5.92 Å². The number of anilines is 2. The van der Waals surface area contributed by atoms with Crippen LogP contribution in [0.4, 0.5) is 11.4 Å². The lowest BCUT2D eigenvalue weighted by molar-refractivity contribution is 0.279. The number of benzene rings is 1. The Balaban J connectivity index is 2.38. The molecule has 7 heteroatoms. The Kier molecular flexibility index (Phi) is 6.60. The Bertz CT molecular complexity index is 597. The third-order valence-electron chi connectivity index (χ3n) is 3.96. The lowest BCUT2D eigenvalue weighted by atomic mass is 9.92. The molecule has 5 N–H and O–H groups in total.